The number of rotatable bonds is 9. The predicted molar refractivity (Wildman–Crippen MR) is 148 cm³/mol. The highest BCUT2D eigenvalue weighted by Gasteiger charge is 2.31. The summed E-state index contributed by atoms with van der Waals surface area (Å²) in [6.45, 7) is 4.35. The third-order valence-corrected chi connectivity index (χ3v) is 8.72. The van der Waals surface area contributed by atoms with Crippen LogP contribution in [0.5, 0.6) is 0 Å². The van der Waals surface area contributed by atoms with Gasteiger partial charge in [-0.25, -0.2) is 9.97 Å². The molecule has 1 aliphatic carbocycles. The Labute approximate surface area is 229 Å². The minimum Gasteiger partial charge on any atom is -0.373 e. The molecule has 3 heterocycles. The molecule has 11 nitrogen and oxygen atoms in total. The highest BCUT2D eigenvalue weighted by molar-refractivity contribution is 7.90. The van der Waals surface area contributed by atoms with E-state index in [1.165, 1.54) is 17.1 Å². The molecule has 2 N–H and O–H groups in total. The molecular weight excluding hydrogens is 516 g/mol. The van der Waals surface area contributed by atoms with Crippen molar-refractivity contribution < 1.29 is 13.2 Å². The van der Waals surface area contributed by atoms with Crippen LogP contribution in [0.2, 0.25) is 0 Å². The first-order valence-electron chi connectivity index (χ1n) is 13.4. The monoisotopic (exact) mass is 550 g/mol. The van der Waals surface area contributed by atoms with Crippen molar-refractivity contribution in [3.63, 3.8) is 0 Å². The fourth-order valence-corrected chi connectivity index (χ4v) is 6.81. The van der Waals surface area contributed by atoms with Crippen molar-refractivity contribution >= 4 is 27.5 Å². The molecule has 1 unspecified atom stereocenters. The van der Waals surface area contributed by atoms with Crippen LogP contribution in [0.15, 0.2) is 48.9 Å². The molecule has 0 bridgehead atoms. The Bertz CT molecular complexity index is 1400. The highest BCUT2D eigenvalue weighted by Crippen LogP contribution is 2.36. The summed E-state index contributed by atoms with van der Waals surface area (Å²) in [4.78, 5) is 8.97. The van der Waals surface area contributed by atoms with Gasteiger partial charge >= 0.3 is 10.2 Å². The Morgan fingerprint density at radius 1 is 1.10 bits per heavy atom. The van der Waals surface area contributed by atoms with Gasteiger partial charge in [0.15, 0.2) is 0 Å². The number of hydrogen-bond acceptors (Lipinski definition) is 8. The molecule has 1 aliphatic heterocycles. The van der Waals surface area contributed by atoms with Gasteiger partial charge in [0.2, 0.25) is 5.95 Å². The van der Waals surface area contributed by atoms with E-state index in [0.29, 0.717) is 37.1 Å². The highest BCUT2D eigenvalue weighted by atomic mass is 32.2. The summed E-state index contributed by atoms with van der Waals surface area (Å²) in [5.74, 6) is 0.891. The summed E-state index contributed by atoms with van der Waals surface area (Å²) in [5, 5.41) is 17.1. The number of nitrogens with one attached hydrogen (secondary N) is 2. The fourth-order valence-electron chi connectivity index (χ4n) is 5.43. The molecule has 3 atom stereocenters. The summed E-state index contributed by atoms with van der Waals surface area (Å²) in [7, 11) is -3.69. The van der Waals surface area contributed by atoms with Crippen molar-refractivity contribution in [1.82, 2.24) is 24.1 Å². The molecule has 1 aromatic carbocycles. The van der Waals surface area contributed by atoms with E-state index in [4.69, 9.17) is 4.74 Å². The molecule has 0 radical (unpaired) electrons. The first kappa shape index (κ1) is 27.1. The minimum atomic E-state index is -3.69. The second kappa shape index (κ2) is 11.7. The van der Waals surface area contributed by atoms with E-state index in [0.717, 1.165) is 29.8 Å². The molecule has 206 valence electrons. The summed E-state index contributed by atoms with van der Waals surface area (Å²) in [6.07, 6.45) is 10.2. The number of nitrogens with zero attached hydrogens (tertiary/aromatic N) is 6. The van der Waals surface area contributed by atoms with Crippen LogP contribution in [0.25, 0.3) is 11.3 Å². The van der Waals surface area contributed by atoms with Crippen LogP contribution >= 0.6 is 0 Å². The molecule has 5 rings (SSSR count). The quantitative estimate of drug-likeness (QED) is 0.397. The third kappa shape index (κ3) is 6.55. The Kier molecular flexibility index (Phi) is 8.11. The topological polar surface area (TPSA) is 138 Å². The molecule has 1 saturated carbocycles. The lowest BCUT2D eigenvalue weighted by Crippen LogP contribution is -2.49. The van der Waals surface area contributed by atoms with Crippen molar-refractivity contribution in [1.29, 1.82) is 5.26 Å². The van der Waals surface area contributed by atoms with E-state index in [1.807, 2.05) is 30.8 Å². The lowest BCUT2D eigenvalue weighted by Gasteiger charge is -2.34. The zero-order valence-corrected chi connectivity index (χ0v) is 23.0. The minimum absolute atomic E-state index is 0.0802. The molecule has 0 spiro atoms. The Hall–Kier alpha value is -3.53. The fraction of sp³-hybridized carbons (Fsp3) is 0.481. The Morgan fingerprint density at radius 2 is 1.79 bits per heavy atom. The summed E-state index contributed by atoms with van der Waals surface area (Å²) in [6, 6.07) is 11.2. The summed E-state index contributed by atoms with van der Waals surface area (Å²) >= 11 is 0. The van der Waals surface area contributed by atoms with Crippen molar-refractivity contribution in [3.8, 4) is 17.3 Å². The standard InChI is InChI=1S/C27H34N8O3S/c1-19-16-34(17-20(2)38-19)39(36,37)33-24-9-7-23(8-10-24)31-27-29-14-12-25(32-27)22-15-30-35(18-22)26(11-13-28)21-5-3-4-6-21/h7-10,12,14-15,18-21,26,33H,3-6,11,16-17H2,1-2H3,(H,29,31,32)/t19-,20+,26?. The van der Waals surface area contributed by atoms with Gasteiger partial charge in [-0.3, -0.25) is 9.40 Å². The van der Waals surface area contributed by atoms with Crippen LogP contribution in [-0.2, 0) is 14.9 Å². The van der Waals surface area contributed by atoms with Gasteiger partial charge in [-0.1, -0.05) is 12.8 Å². The lowest BCUT2D eigenvalue weighted by molar-refractivity contribution is -0.0439. The third-order valence-electron chi connectivity index (χ3n) is 7.25. The number of aromatic nitrogens is 4. The van der Waals surface area contributed by atoms with E-state index in [-0.39, 0.29) is 18.2 Å². The maximum absolute atomic E-state index is 12.9. The lowest BCUT2D eigenvalue weighted by atomic mass is 9.96. The van der Waals surface area contributed by atoms with Crippen LogP contribution in [0.1, 0.15) is 52.0 Å². The number of anilines is 3. The molecule has 0 amide bonds. The molecule has 2 aliphatic rings. The second-order valence-corrected chi connectivity index (χ2v) is 12.0. The summed E-state index contributed by atoms with van der Waals surface area (Å²) < 4.78 is 37.3. The zero-order valence-electron chi connectivity index (χ0n) is 22.2. The number of benzene rings is 1. The normalized spacial score (nSPS) is 21.4. The molecule has 12 heteroatoms. The number of ether oxygens (including phenoxy) is 1. The maximum atomic E-state index is 12.9. The van der Waals surface area contributed by atoms with E-state index in [2.05, 4.69) is 31.2 Å². The maximum Gasteiger partial charge on any atom is 0.301 e. The average Bonchev–Trinajstić information content (AvgIpc) is 3.61. The van der Waals surface area contributed by atoms with Gasteiger partial charge in [-0.15, -0.1) is 0 Å². The molecule has 2 aromatic heterocycles. The van der Waals surface area contributed by atoms with E-state index in [9.17, 15) is 13.7 Å². The second-order valence-electron chi connectivity index (χ2n) is 10.3. The molecule has 2 fully saturated rings. The smallest absolute Gasteiger partial charge is 0.301 e. The summed E-state index contributed by atoms with van der Waals surface area (Å²) in [5.41, 5.74) is 2.76. The molecule has 39 heavy (non-hydrogen) atoms. The van der Waals surface area contributed by atoms with Crippen molar-refractivity contribution in [2.75, 3.05) is 23.1 Å². The first-order chi connectivity index (χ1) is 18.8. The van der Waals surface area contributed by atoms with E-state index < -0.39 is 10.2 Å². The van der Waals surface area contributed by atoms with Gasteiger partial charge < -0.3 is 10.1 Å². The average molecular weight is 551 g/mol. The van der Waals surface area contributed by atoms with Crippen molar-refractivity contribution in [2.24, 2.45) is 5.92 Å². The Morgan fingerprint density at radius 3 is 2.49 bits per heavy atom. The van der Waals surface area contributed by atoms with Crippen LogP contribution < -0.4 is 10.0 Å². The van der Waals surface area contributed by atoms with Gasteiger partial charge in [0.1, 0.15) is 0 Å². The first-order valence-corrected chi connectivity index (χ1v) is 14.8. The molecular formula is C27H34N8O3S. The SMILES string of the molecule is C[C@@H]1CN(S(=O)(=O)Nc2ccc(Nc3nccc(-c4cnn(C(CC#N)C5CCCC5)c4)n3)cc2)C[C@H](C)O1. The molecule has 3 aromatic rings. The molecule has 1 saturated heterocycles. The van der Waals surface area contributed by atoms with Crippen molar-refractivity contribution in [2.45, 2.75) is 64.2 Å². The van der Waals surface area contributed by atoms with Gasteiger partial charge in [0.25, 0.3) is 0 Å². The Balaban J connectivity index is 1.24. The predicted octanol–water partition coefficient (Wildman–Crippen LogP) is 4.49. The number of nitriles is 1. The number of hydrogen-bond donors (Lipinski definition) is 2. The van der Waals surface area contributed by atoms with Crippen LogP contribution in [-0.4, -0.2) is 57.8 Å². The van der Waals surface area contributed by atoms with Crippen LogP contribution in [0.4, 0.5) is 17.3 Å². The number of morpholine rings is 1. The van der Waals surface area contributed by atoms with Crippen LogP contribution in [0.3, 0.4) is 0 Å². The van der Waals surface area contributed by atoms with E-state index >= 15 is 0 Å². The van der Waals surface area contributed by atoms with Gasteiger partial charge in [0, 0.05) is 42.4 Å². The zero-order chi connectivity index (χ0) is 27.4. The van der Waals surface area contributed by atoms with Crippen molar-refractivity contribution in [3.05, 3.63) is 48.9 Å². The van der Waals surface area contributed by atoms with Crippen LogP contribution in [0, 0.1) is 17.2 Å². The van der Waals surface area contributed by atoms with Gasteiger partial charge in [-0.05, 0) is 62.9 Å². The largest absolute Gasteiger partial charge is 0.373 e. The van der Waals surface area contributed by atoms with Gasteiger partial charge in [0.05, 0.1) is 42.6 Å². The van der Waals surface area contributed by atoms with E-state index in [1.54, 1.807) is 36.7 Å². The van der Waals surface area contributed by atoms with Gasteiger partial charge in [-0.2, -0.15) is 23.1 Å².